The van der Waals surface area contributed by atoms with Crippen LogP contribution >= 0.6 is 0 Å². The van der Waals surface area contributed by atoms with Crippen LogP contribution in [0.1, 0.15) is 26.7 Å². The molecule has 26 heavy (non-hydrogen) atoms. The number of rotatable bonds is 2. The molecule has 0 aromatic heterocycles. The molecule has 0 aromatic carbocycles. The van der Waals surface area contributed by atoms with Crippen molar-refractivity contribution in [3.63, 3.8) is 0 Å². The first-order chi connectivity index (χ1) is 11.2. The number of carboxylic acid groups (broad SMARTS) is 2. The molecule has 2 unspecified atom stereocenters. The van der Waals surface area contributed by atoms with Crippen LogP contribution in [0.4, 0.5) is 0 Å². The quantitative estimate of drug-likeness (QED) is 0.348. The van der Waals surface area contributed by atoms with Crippen molar-refractivity contribution >= 4 is 23.8 Å². The van der Waals surface area contributed by atoms with Crippen molar-refractivity contribution in [3.8, 4) is 0 Å². The van der Waals surface area contributed by atoms with Gasteiger partial charge < -0.3 is 29.6 Å². The molecular weight excluding hydrogens is 362 g/mol. The van der Waals surface area contributed by atoms with Crippen molar-refractivity contribution in [3.05, 3.63) is 23.5 Å². The Bertz CT molecular complexity index is 660. The summed E-state index contributed by atoms with van der Waals surface area (Å²) in [5, 5.41) is 21.0. The van der Waals surface area contributed by atoms with E-state index in [2.05, 4.69) is 0 Å². The normalized spacial score (nSPS) is 30.1. The molecule has 4 aliphatic rings. The Hall–Kier alpha value is -0.640. The second-order valence-corrected chi connectivity index (χ2v) is 6.47. The summed E-state index contributed by atoms with van der Waals surface area (Å²) in [5.41, 5.74) is 0.0903. The molecule has 2 saturated heterocycles. The van der Waals surface area contributed by atoms with E-state index in [9.17, 15) is 29.4 Å². The number of amides is 2. The smallest absolute Gasteiger partial charge is 0.543 e. The zero-order valence-corrected chi connectivity index (χ0v) is 19.2. The van der Waals surface area contributed by atoms with Gasteiger partial charge in [0.2, 0.25) is 11.8 Å². The minimum absolute atomic E-state index is 0. The number of nitrogens with zero attached hydrogens (tertiary/aromatic N) is 2. The van der Waals surface area contributed by atoms with Crippen molar-refractivity contribution in [2.75, 3.05) is 0 Å². The van der Waals surface area contributed by atoms with Gasteiger partial charge in [-0.1, -0.05) is 26.0 Å². The monoisotopic (exact) mass is 378 g/mol. The van der Waals surface area contributed by atoms with E-state index in [0.717, 1.165) is 0 Å². The van der Waals surface area contributed by atoms with E-state index >= 15 is 0 Å². The van der Waals surface area contributed by atoms with Gasteiger partial charge in [-0.05, 0) is 11.8 Å². The standard InChI is InChI=1S/2C8H9NO3.2Na/c2*1-4-2-6(8(11)12)9-5(4)3-7(9)10;;/h2*2,4-5H,3H2,1H3,(H,11,12);;/q;;2*+1/p-2/t2*4?,5-;;/m00../s1. The van der Waals surface area contributed by atoms with Gasteiger partial charge in [0, 0.05) is 12.8 Å². The largest absolute Gasteiger partial charge is 1.00 e. The molecule has 0 radical (unpaired) electrons. The van der Waals surface area contributed by atoms with E-state index in [1.54, 1.807) is 12.2 Å². The minimum atomic E-state index is -1.25. The van der Waals surface area contributed by atoms with Crippen LogP contribution in [0, 0.1) is 11.8 Å². The predicted octanol–water partition coefficient (Wildman–Crippen LogP) is -8.25. The van der Waals surface area contributed by atoms with Crippen LogP contribution in [0.5, 0.6) is 0 Å². The topological polar surface area (TPSA) is 121 Å². The van der Waals surface area contributed by atoms with Gasteiger partial charge in [0.1, 0.15) is 0 Å². The maximum Gasteiger partial charge on any atom is 1.00 e. The van der Waals surface area contributed by atoms with Crippen molar-refractivity contribution in [1.29, 1.82) is 0 Å². The maximum atomic E-state index is 11.0. The Morgan fingerprint density at radius 2 is 1.15 bits per heavy atom. The number of carbonyl (C=O) groups is 4. The Labute approximate surface area is 194 Å². The molecule has 0 N–H and O–H groups in total. The summed E-state index contributed by atoms with van der Waals surface area (Å²) in [4.78, 5) is 45.6. The van der Waals surface area contributed by atoms with Crippen LogP contribution in [-0.4, -0.2) is 45.6 Å². The number of aliphatic carboxylic acids is 2. The van der Waals surface area contributed by atoms with Crippen molar-refractivity contribution in [2.45, 2.75) is 38.8 Å². The van der Waals surface area contributed by atoms with Crippen LogP contribution in [0.3, 0.4) is 0 Å². The first kappa shape index (κ1) is 23.4. The zero-order chi connectivity index (χ0) is 17.8. The molecule has 0 aliphatic carbocycles. The van der Waals surface area contributed by atoms with Gasteiger partial charge in [0.25, 0.3) is 0 Å². The van der Waals surface area contributed by atoms with Gasteiger partial charge >= 0.3 is 59.1 Å². The third kappa shape index (κ3) is 3.81. The summed E-state index contributed by atoms with van der Waals surface area (Å²) < 4.78 is 0. The van der Waals surface area contributed by atoms with E-state index < -0.39 is 11.9 Å². The molecule has 0 bridgehead atoms. The molecule has 4 rings (SSSR count). The summed E-state index contributed by atoms with van der Waals surface area (Å²) in [6, 6.07) is 0.149. The van der Waals surface area contributed by atoms with Crippen LogP contribution < -0.4 is 69.3 Å². The molecule has 4 atom stereocenters. The maximum absolute atomic E-state index is 11.0. The van der Waals surface area contributed by atoms with Crippen LogP contribution in [0.25, 0.3) is 0 Å². The molecule has 0 aromatic rings. The fraction of sp³-hybridized carbons (Fsp3) is 0.500. The second kappa shape index (κ2) is 8.58. The van der Waals surface area contributed by atoms with Gasteiger partial charge in [0.15, 0.2) is 0 Å². The summed E-state index contributed by atoms with van der Waals surface area (Å²) in [6.45, 7) is 3.81. The van der Waals surface area contributed by atoms with Crippen LogP contribution in [0.15, 0.2) is 23.5 Å². The fourth-order valence-electron chi connectivity index (χ4n) is 3.56. The van der Waals surface area contributed by atoms with Gasteiger partial charge in [-0.3, -0.25) is 9.59 Å². The molecule has 4 heterocycles. The van der Waals surface area contributed by atoms with E-state index in [4.69, 9.17) is 0 Å². The van der Waals surface area contributed by atoms with E-state index in [1.807, 2.05) is 13.8 Å². The van der Waals surface area contributed by atoms with E-state index in [-0.39, 0.29) is 106 Å². The third-order valence-corrected chi connectivity index (χ3v) is 4.96. The van der Waals surface area contributed by atoms with Gasteiger partial charge in [-0.2, -0.15) is 0 Å². The molecule has 128 valence electrons. The Morgan fingerprint density at radius 3 is 1.35 bits per heavy atom. The summed E-state index contributed by atoms with van der Waals surface area (Å²) in [7, 11) is 0. The number of carboxylic acids is 2. The SMILES string of the molecule is CC1C=C(C(=O)[O-])N2C(=O)C[C@@H]12.CC1C=C(C(=O)[O-])N2C(=O)C[C@@H]12.[Na+].[Na+]. The first-order valence-corrected chi connectivity index (χ1v) is 7.72. The molecular formula is C16H16N2Na2O6. The van der Waals surface area contributed by atoms with E-state index in [1.165, 1.54) is 9.80 Å². The molecule has 4 aliphatic heterocycles. The number of β-lactam (4-membered cyclic amide) rings is 2. The van der Waals surface area contributed by atoms with Crippen LogP contribution in [0.2, 0.25) is 0 Å². The molecule has 0 spiro atoms. The number of fused-ring (bicyclic) bond motifs is 2. The summed E-state index contributed by atoms with van der Waals surface area (Å²) >= 11 is 0. The van der Waals surface area contributed by atoms with Crippen molar-refractivity contribution in [2.24, 2.45) is 11.8 Å². The molecule has 8 nitrogen and oxygen atoms in total. The van der Waals surface area contributed by atoms with Gasteiger partial charge in [0.05, 0.1) is 35.4 Å². The van der Waals surface area contributed by atoms with Crippen molar-refractivity contribution < 1.29 is 88.5 Å². The first-order valence-electron chi connectivity index (χ1n) is 7.72. The Morgan fingerprint density at radius 1 is 0.846 bits per heavy atom. The van der Waals surface area contributed by atoms with E-state index in [0.29, 0.717) is 12.8 Å². The Balaban J connectivity index is 0.000000241. The molecule has 0 saturated carbocycles. The average Bonchev–Trinajstić information content (AvgIpc) is 2.90. The summed E-state index contributed by atoms with van der Waals surface area (Å²) in [6.07, 6.45) is 4.11. The Kier molecular flexibility index (Phi) is 7.72. The molecule has 10 heteroatoms. The third-order valence-electron chi connectivity index (χ3n) is 4.96. The molecule has 2 fully saturated rings. The fourth-order valence-corrected chi connectivity index (χ4v) is 3.56. The number of carbonyl (C=O) groups excluding carboxylic acids is 4. The minimum Gasteiger partial charge on any atom is -0.543 e. The summed E-state index contributed by atoms with van der Waals surface area (Å²) in [5.74, 6) is -2.43. The molecule has 2 amide bonds. The average molecular weight is 378 g/mol. The zero-order valence-electron chi connectivity index (χ0n) is 15.2. The van der Waals surface area contributed by atoms with Gasteiger partial charge in [-0.15, -0.1) is 0 Å². The van der Waals surface area contributed by atoms with Crippen LogP contribution in [-0.2, 0) is 19.2 Å². The predicted molar refractivity (Wildman–Crippen MR) is 75.0 cm³/mol. The second-order valence-electron chi connectivity index (χ2n) is 6.47. The van der Waals surface area contributed by atoms with Crippen molar-refractivity contribution in [1.82, 2.24) is 9.80 Å². The number of hydrogen-bond acceptors (Lipinski definition) is 6. The number of hydrogen-bond donors (Lipinski definition) is 0. The van der Waals surface area contributed by atoms with Gasteiger partial charge in [-0.25, -0.2) is 0 Å².